The standard InChI is InChI=1S/C9H12ClN3O5/c10-3-1-13(9(17)12-7(3)11)8-6(16)5(15)4(2-14)18-8/h1,4-6,8,14-16H,2H2,(H2,11,12,17)/t4-,5+,6+,8+/m0/s1. The van der Waals surface area contributed by atoms with Gasteiger partial charge in [-0.05, 0) is 0 Å². The number of nitrogens with two attached hydrogens (primary N) is 1. The molecule has 0 amide bonds. The molecule has 0 spiro atoms. The zero-order valence-electron chi connectivity index (χ0n) is 9.10. The second-order valence-electron chi connectivity index (χ2n) is 3.89. The number of aliphatic hydroxyl groups excluding tert-OH is 3. The van der Waals surface area contributed by atoms with Crippen molar-refractivity contribution in [2.45, 2.75) is 24.5 Å². The minimum absolute atomic E-state index is 0.0207. The van der Waals surface area contributed by atoms with E-state index in [0.29, 0.717) is 0 Å². The van der Waals surface area contributed by atoms with Crippen molar-refractivity contribution >= 4 is 17.4 Å². The van der Waals surface area contributed by atoms with E-state index in [1.54, 1.807) is 0 Å². The van der Waals surface area contributed by atoms with Crippen molar-refractivity contribution in [2.75, 3.05) is 12.3 Å². The van der Waals surface area contributed by atoms with Crippen LogP contribution in [-0.2, 0) is 4.74 Å². The third-order valence-corrected chi connectivity index (χ3v) is 3.02. The van der Waals surface area contributed by atoms with Crippen molar-refractivity contribution in [3.63, 3.8) is 0 Å². The predicted molar refractivity (Wildman–Crippen MR) is 60.9 cm³/mol. The summed E-state index contributed by atoms with van der Waals surface area (Å²) in [6.07, 6.45) is -3.67. The van der Waals surface area contributed by atoms with Gasteiger partial charge in [0.2, 0.25) is 0 Å². The maximum atomic E-state index is 11.6. The molecular formula is C9H12ClN3O5. The summed E-state index contributed by atoms with van der Waals surface area (Å²) in [6, 6.07) is 0. The van der Waals surface area contributed by atoms with Crippen molar-refractivity contribution in [2.24, 2.45) is 0 Å². The summed E-state index contributed by atoms with van der Waals surface area (Å²) in [5, 5.41) is 28.3. The first-order chi connectivity index (χ1) is 8.45. The van der Waals surface area contributed by atoms with Crippen LogP contribution in [0.2, 0.25) is 5.02 Å². The summed E-state index contributed by atoms with van der Waals surface area (Å²) in [5.41, 5.74) is 4.58. The summed E-state index contributed by atoms with van der Waals surface area (Å²) in [5.74, 6) is -0.135. The molecule has 1 aromatic heterocycles. The average Bonchev–Trinajstić information content (AvgIpc) is 2.61. The fourth-order valence-electron chi connectivity index (χ4n) is 1.75. The van der Waals surface area contributed by atoms with Crippen LogP contribution < -0.4 is 11.4 Å². The van der Waals surface area contributed by atoms with E-state index in [4.69, 9.17) is 27.2 Å². The Bertz CT molecular complexity index is 507. The Kier molecular flexibility index (Phi) is 3.55. The lowest BCUT2D eigenvalue weighted by Gasteiger charge is -2.17. The molecule has 0 unspecified atom stereocenters. The van der Waals surface area contributed by atoms with Gasteiger partial charge >= 0.3 is 5.69 Å². The first kappa shape index (κ1) is 13.2. The van der Waals surface area contributed by atoms with Crippen LogP contribution in [0.25, 0.3) is 0 Å². The number of aromatic nitrogens is 2. The van der Waals surface area contributed by atoms with E-state index >= 15 is 0 Å². The third-order valence-electron chi connectivity index (χ3n) is 2.73. The van der Waals surface area contributed by atoms with Gasteiger partial charge in [0.05, 0.1) is 11.6 Å². The Morgan fingerprint density at radius 2 is 2.17 bits per heavy atom. The fourth-order valence-corrected chi connectivity index (χ4v) is 1.90. The Morgan fingerprint density at radius 1 is 1.50 bits per heavy atom. The quantitative estimate of drug-likeness (QED) is 0.496. The molecule has 2 heterocycles. The van der Waals surface area contributed by atoms with Crippen LogP contribution >= 0.6 is 11.6 Å². The molecule has 1 aliphatic heterocycles. The van der Waals surface area contributed by atoms with E-state index in [9.17, 15) is 15.0 Å². The van der Waals surface area contributed by atoms with E-state index in [0.717, 1.165) is 10.8 Å². The van der Waals surface area contributed by atoms with Crippen LogP contribution in [0.4, 0.5) is 5.82 Å². The topological polar surface area (TPSA) is 131 Å². The molecule has 8 nitrogen and oxygen atoms in total. The van der Waals surface area contributed by atoms with Gasteiger partial charge in [0, 0.05) is 6.20 Å². The van der Waals surface area contributed by atoms with Crippen LogP contribution in [0.5, 0.6) is 0 Å². The summed E-state index contributed by atoms with van der Waals surface area (Å²) in [4.78, 5) is 15.1. The van der Waals surface area contributed by atoms with Gasteiger partial charge in [0.25, 0.3) is 0 Å². The second-order valence-corrected chi connectivity index (χ2v) is 4.30. The summed E-state index contributed by atoms with van der Waals surface area (Å²) in [6.45, 7) is -0.486. The molecule has 1 fully saturated rings. The monoisotopic (exact) mass is 277 g/mol. The van der Waals surface area contributed by atoms with Crippen molar-refractivity contribution in [1.82, 2.24) is 9.55 Å². The van der Waals surface area contributed by atoms with E-state index in [1.807, 2.05) is 0 Å². The number of halogens is 1. The number of hydrogen-bond donors (Lipinski definition) is 4. The van der Waals surface area contributed by atoms with Gasteiger partial charge in [-0.15, -0.1) is 0 Å². The second kappa shape index (κ2) is 4.82. The van der Waals surface area contributed by atoms with Crippen molar-refractivity contribution in [3.05, 3.63) is 21.7 Å². The molecule has 9 heteroatoms. The number of nitrogen functional groups attached to an aromatic ring is 1. The number of ether oxygens (including phenoxy) is 1. The Labute approximate surface area is 106 Å². The molecular weight excluding hydrogens is 266 g/mol. The van der Waals surface area contributed by atoms with Crippen molar-refractivity contribution < 1.29 is 20.1 Å². The molecule has 1 aromatic rings. The lowest BCUT2D eigenvalue weighted by Crippen LogP contribution is -2.36. The SMILES string of the molecule is Nc1nc(=O)n([C@@H]2O[C@@H](CO)[C@@H](O)[C@H]2O)cc1Cl. The highest BCUT2D eigenvalue weighted by molar-refractivity contribution is 6.32. The Morgan fingerprint density at radius 3 is 2.72 bits per heavy atom. The maximum absolute atomic E-state index is 11.6. The fraction of sp³-hybridized carbons (Fsp3) is 0.556. The molecule has 0 saturated carbocycles. The molecule has 2 rings (SSSR count). The molecule has 0 bridgehead atoms. The molecule has 100 valence electrons. The maximum Gasteiger partial charge on any atom is 0.351 e. The smallest absolute Gasteiger partial charge is 0.351 e. The van der Waals surface area contributed by atoms with Gasteiger partial charge in [0.15, 0.2) is 6.23 Å². The normalized spacial score (nSPS) is 31.8. The third kappa shape index (κ3) is 2.08. The zero-order valence-corrected chi connectivity index (χ0v) is 9.86. The lowest BCUT2D eigenvalue weighted by molar-refractivity contribution is -0.0549. The van der Waals surface area contributed by atoms with E-state index in [2.05, 4.69) is 4.98 Å². The summed E-state index contributed by atoms with van der Waals surface area (Å²) < 4.78 is 6.09. The van der Waals surface area contributed by atoms with Crippen LogP contribution in [0.1, 0.15) is 6.23 Å². The Hall–Kier alpha value is -1.19. The molecule has 4 atom stereocenters. The summed E-state index contributed by atoms with van der Waals surface area (Å²) in [7, 11) is 0. The molecule has 5 N–H and O–H groups in total. The van der Waals surface area contributed by atoms with E-state index in [1.165, 1.54) is 0 Å². The van der Waals surface area contributed by atoms with E-state index < -0.39 is 36.8 Å². The van der Waals surface area contributed by atoms with Crippen molar-refractivity contribution in [3.8, 4) is 0 Å². The highest BCUT2D eigenvalue weighted by Crippen LogP contribution is 2.29. The number of rotatable bonds is 2. The van der Waals surface area contributed by atoms with Gasteiger partial charge in [-0.25, -0.2) is 4.79 Å². The van der Waals surface area contributed by atoms with Gasteiger partial charge in [-0.2, -0.15) is 4.98 Å². The largest absolute Gasteiger partial charge is 0.394 e. The highest BCUT2D eigenvalue weighted by atomic mass is 35.5. The van der Waals surface area contributed by atoms with Gasteiger partial charge in [-0.1, -0.05) is 11.6 Å². The van der Waals surface area contributed by atoms with Crippen LogP contribution in [0.3, 0.4) is 0 Å². The first-order valence-electron chi connectivity index (χ1n) is 5.12. The molecule has 18 heavy (non-hydrogen) atoms. The lowest BCUT2D eigenvalue weighted by atomic mass is 10.1. The molecule has 1 saturated heterocycles. The minimum Gasteiger partial charge on any atom is -0.394 e. The van der Waals surface area contributed by atoms with Gasteiger partial charge in [-0.3, -0.25) is 4.57 Å². The van der Waals surface area contributed by atoms with Crippen LogP contribution in [0, 0.1) is 0 Å². The molecule has 1 aliphatic rings. The van der Waals surface area contributed by atoms with Crippen LogP contribution in [0.15, 0.2) is 11.0 Å². The number of aliphatic hydroxyl groups is 3. The van der Waals surface area contributed by atoms with Gasteiger partial charge in [0.1, 0.15) is 24.1 Å². The number of hydrogen-bond acceptors (Lipinski definition) is 7. The average molecular weight is 278 g/mol. The number of nitrogens with zero attached hydrogens (tertiary/aromatic N) is 2. The zero-order chi connectivity index (χ0) is 13.4. The minimum atomic E-state index is -1.37. The highest BCUT2D eigenvalue weighted by Gasteiger charge is 2.43. The Balaban J connectivity index is 2.39. The predicted octanol–water partition coefficient (Wildman–Crippen LogP) is -1.91. The first-order valence-corrected chi connectivity index (χ1v) is 5.50. The molecule has 0 radical (unpaired) electrons. The van der Waals surface area contributed by atoms with Gasteiger partial charge < -0.3 is 25.8 Å². The van der Waals surface area contributed by atoms with Crippen LogP contribution in [-0.4, -0.2) is 49.8 Å². The summed E-state index contributed by atoms with van der Waals surface area (Å²) >= 11 is 5.72. The van der Waals surface area contributed by atoms with Crippen molar-refractivity contribution in [1.29, 1.82) is 0 Å². The molecule has 0 aromatic carbocycles. The van der Waals surface area contributed by atoms with E-state index in [-0.39, 0.29) is 10.8 Å². The molecule has 0 aliphatic carbocycles. The number of anilines is 1.